The fraction of sp³-hybridized carbons (Fsp3) is 0.150. The Morgan fingerprint density at radius 3 is 2.16 bits per heavy atom. The van der Waals surface area contributed by atoms with E-state index < -0.39 is 0 Å². The topological polar surface area (TPSA) is 73.4 Å². The van der Waals surface area contributed by atoms with Crippen LogP contribution in [0.4, 0.5) is 5.82 Å². The van der Waals surface area contributed by atoms with Crippen molar-refractivity contribution in [3.8, 4) is 11.5 Å². The molecule has 0 amide bonds. The molecule has 1 heterocycles. The molecule has 0 aliphatic rings. The van der Waals surface area contributed by atoms with E-state index in [1.165, 1.54) is 11.9 Å². The molecule has 0 saturated heterocycles. The molecule has 0 aliphatic heterocycles. The van der Waals surface area contributed by atoms with Gasteiger partial charge in [0.1, 0.15) is 23.6 Å². The Kier molecular flexibility index (Phi) is 6.65. The van der Waals surface area contributed by atoms with Crippen molar-refractivity contribution in [2.45, 2.75) is 13.8 Å². The number of para-hydroxylation sites is 1. The molecule has 0 radical (unpaired) electrons. The van der Waals surface area contributed by atoms with Crippen LogP contribution in [0, 0.1) is 13.8 Å². The van der Waals surface area contributed by atoms with Crippen LogP contribution < -0.4 is 10.5 Å². The molecule has 0 saturated carbocycles. The van der Waals surface area contributed by atoms with Crippen molar-refractivity contribution in [1.29, 1.82) is 0 Å². The average Bonchev–Trinajstić information content (AvgIpc) is 2.62. The molecule has 0 aliphatic carbocycles. The largest absolute Gasteiger partial charge is 0.457 e. The van der Waals surface area contributed by atoms with Crippen LogP contribution in [0.1, 0.15) is 16.8 Å². The van der Waals surface area contributed by atoms with Crippen LogP contribution in [0.25, 0.3) is 0 Å². The van der Waals surface area contributed by atoms with E-state index >= 15 is 0 Å². The maximum Gasteiger partial charge on any atom is 0.135 e. The molecule has 0 spiro atoms. The second kappa shape index (κ2) is 9.17. The van der Waals surface area contributed by atoms with Crippen molar-refractivity contribution in [2.75, 3.05) is 12.8 Å². The second-order valence-corrected chi connectivity index (χ2v) is 5.37. The van der Waals surface area contributed by atoms with E-state index in [2.05, 4.69) is 21.9 Å². The van der Waals surface area contributed by atoms with Crippen molar-refractivity contribution in [3.63, 3.8) is 0 Å². The number of anilines is 1. The summed E-state index contributed by atoms with van der Waals surface area (Å²) >= 11 is 0. The lowest BCUT2D eigenvalue weighted by Gasteiger charge is -2.04. The Morgan fingerprint density at radius 2 is 1.56 bits per heavy atom. The molecule has 3 aromatic rings. The molecule has 1 aromatic heterocycles. The first-order valence-corrected chi connectivity index (χ1v) is 7.89. The van der Waals surface area contributed by atoms with Crippen LogP contribution in [0.2, 0.25) is 0 Å². The summed E-state index contributed by atoms with van der Waals surface area (Å²) in [7, 11) is 1.69. The lowest BCUT2D eigenvalue weighted by molar-refractivity contribution is 0.482. The van der Waals surface area contributed by atoms with Gasteiger partial charge in [0.2, 0.25) is 0 Å². The highest BCUT2D eigenvalue weighted by Gasteiger charge is 2.00. The number of benzene rings is 2. The highest BCUT2D eigenvalue weighted by Crippen LogP contribution is 2.20. The van der Waals surface area contributed by atoms with E-state index in [-0.39, 0.29) is 0 Å². The van der Waals surface area contributed by atoms with E-state index in [9.17, 15) is 0 Å². The van der Waals surface area contributed by atoms with Gasteiger partial charge in [0.25, 0.3) is 0 Å². The second-order valence-electron chi connectivity index (χ2n) is 5.37. The number of aromatic nitrogens is 2. The third kappa shape index (κ3) is 5.73. The minimum absolute atomic E-state index is 0.475. The van der Waals surface area contributed by atoms with Gasteiger partial charge in [0.05, 0.1) is 11.3 Å². The highest BCUT2D eigenvalue weighted by atomic mass is 16.5. The normalized spacial score (nSPS) is 10.2. The minimum atomic E-state index is 0.475. The fourth-order valence-corrected chi connectivity index (χ4v) is 2.02. The average molecular weight is 334 g/mol. The van der Waals surface area contributed by atoms with Gasteiger partial charge in [-0.25, -0.2) is 9.97 Å². The van der Waals surface area contributed by atoms with Gasteiger partial charge < -0.3 is 10.5 Å². The summed E-state index contributed by atoms with van der Waals surface area (Å²) in [5, 5.41) is 0. The number of hydrogen-bond donors (Lipinski definition) is 1. The maximum atomic E-state index is 5.63. The van der Waals surface area contributed by atoms with E-state index in [1.54, 1.807) is 13.3 Å². The molecular formula is C20H22N4O. The number of hydrogen-bond acceptors (Lipinski definition) is 5. The number of nitrogens with zero attached hydrogens (tertiary/aromatic N) is 3. The number of nitrogens with two attached hydrogens (primary N) is 1. The summed E-state index contributed by atoms with van der Waals surface area (Å²) < 4.78 is 5.63. The minimum Gasteiger partial charge on any atom is -0.457 e. The first-order valence-electron chi connectivity index (χ1n) is 7.89. The smallest absolute Gasteiger partial charge is 0.135 e. The van der Waals surface area contributed by atoms with Crippen LogP contribution in [0.3, 0.4) is 0 Å². The zero-order chi connectivity index (χ0) is 18.1. The van der Waals surface area contributed by atoms with Gasteiger partial charge >= 0.3 is 0 Å². The predicted octanol–water partition coefficient (Wildman–Crippen LogP) is 4.20. The molecule has 5 nitrogen and oxygen atoms in total. The molecule has 128 valence electrons. The monoisotopic (exact) mass is 334 g/mol. The predicted molar refractivity (Wildman–Crippen MR) is 102 cm³/mol. The van der Waals surface area contributed by atoms with Crippen LogP contribution in [0.15, 0.2) is 65.9 Å². The van der Waals surface area contributed by atoms with Crippen molar-refractivity contribution < 1.29 is 4.74 Å². The Labute approximate surface area is 148 Å². The van der Waals surface area contributed by atoms with Crippen molar-refractivity contribution >= 4 is 12.0 Å². The number of ether oxygens (including phenoxy) is 1. The molecule has 0 unspecified atom stereocenters. The summed E-state index contributed by atoms with van der Waals surface area (Å²) in [5.74, 6) is 2.22. The van der Waals surface area contributed by atoms with Gasteiger partial charge in [-0.1, -0.05) is 35.9 Å². The van der Waals surface area contributed by atoms with Crippen LogP contribution in [-0.2, 0) is 0 Å². The number of nitrogen functional groups attached to an aromatic ring is 1. The summed E-state index contributed by atoms with van der Waals surface area (Å²) in [6.07, 6.45) is 3.10. The number of rotatable bonds is 3. The van der Waals surface area contributed by atoms with E-state index in [4.69, 9.17) is 10.5 Å². The first kappa shape index (κ1) is 18.1. The molecule has 0 bridgehead atoms. The fourth-order valence-electron chi connectivity index (χ4n) is 2.02. The molecule has 0 atom stereocenters. The maximum absolute atomic E-state index is 5.63. The Morgan fingerprint density at radius 1 is 0.920 bits per heavy atom. The quantitative estimate of drug-likeness (QED) is 0.728. The van der Waals surface area contributed by atoms with Gasteiger partial charge in [-0.2, -0.15) is 0 Å². The van der Waals surface area contributed by atoms with Crippen LogP contribution in [-0.4, -0.2) is 23.2 Å². The SMILES string of the molecule is CN=Cc1c(C)ncnc1N.Cc1ccc(Oc2ccccc2)cc1. The number of aliphatic imine (C=N–C) groups is 1. The van der Waals surface area contributed by atoms with E-state index in [0.717, 1.165) is 22.8 Å². The van der Waals surface area contributed by atoms with Gasteiger partial charge in [-0.3, -0.25) is 4.99 Å². The molecule has 0 fully saturated rings. The molecule has 3 rings (SSSR count). The summed E-state index contributed by atoms with van der Waals surface area (Å²) in [4.78, 5) is 11.7. The zero-order valence-electron chi connectivity index (χ0n) is 14.7. The van der Waals surface area contributed by atoms with Crippen LogP contribution >= 0.6 is 0 Å². The van der Waals surface area contributed by atoms with Crippen molar-refractivity contribution in [2.24, 2.45) is 4.99 Å². The van der Waals surface area contributed by atoms with E-state index in [0.29, 0.717) is 5.82 Å². The van der Waals surface area contributed by atoms with Gasteiger partial charge in [-0.05, 0) is 38.1 Å². The third-order valence-electron chi connectivity index (χ3n) is 3.37. The van der Waals surface area contributed by atoms with E-state index in [1.807, 2.05) is 61.5 Å². The number of aryl methyl sites for hydroxylation is 2. The summed E-state index contributed by atoms with van der Waals surface area (Å²) in [6.45, 7) is 3.93. The lowest BCUT2D eigenvalue weighted by atomic mass is 10.2. The third-order valence-corrected chi connectivity index (χ3v) is 3.37. The molecule has 2 aromatic carbocycles. The van der Waals surface area contributed by atoms with Gasteiger partial charge in [0.15, 0.2) is 0 Å². The highest BCUT2D eigenvalue weighted by molar-refractivity contribution is 5.86. The Hall–Kier alpha value is -3.21. The molecule has 2 N–H and O–H groups in total. The first-order chi connectivity index (χ1) is 12.1. The van der Waals surface area contributed by atoms with Crippen molar-refractivity contribution in [3.05, 3.63) is 77.7 Å². The van der Waals surface area contributed by atoms with Gasteiger partial charge in [0, 0.05) is 13.3 Å². The Balaban J connectivity index is 0.000000186. The summed E-state index contributed by atoms with van der Waals surface area (Å²) in [5.41, 5.74) is 8.46. The molecular weight excluding hydrogens is 312 g/mol. The Bertz CT molecular complexity index is 795. The van der Waals surface area contributed by atoms with Crippen LogP contribution in [0.5, 0.6) is 11.5 Å². The zero-order valence-corrected chi connectivity index (χ0v) is 14.7. The molecule has 25 heavy (non-hydrogen) atoms. The van der Waals surface area contributed by atoms with Crippen molar-refractivity contribution in [1.82, 2.24) is 9.97 Å². The summed E-state index contributed by atoms with van der Waals surface area (Å²) in [6, 6.07) is 17.8. The standard InChI is InChI=1S/C13H12O.C7H10N4/c1-11-7-9-13(10-8-11)14-12-5-3-2-4-6-12;1-5-6(3-9-2)7(8)11-4-10-5/h2-10H,1H3;3-4H,1-2H3,(H2,8,10,11). The molecule has 5 heteroatoms. The van der Waals surface area contributed by atoms with Gasteiger partial charge in [-0.15, -0.1) is 0 Å². The lowest BCUT2D eigenvalue weighted by Crippen LogP contribution is -2.01.